The second kappa shape index (κ2) is 9.41. The van der Waals surface area contributed by atoms with Crippen molar-refractivity contribution in [2.24, 2.45) is 10.7 Å². The second-order valence-electron chi connectivity index (χ2n) is 9.05. The first kappa shape index (κ1) is 23.5. The van der Waals surface area contributed by atoms with Gasteiger partial charge in [0.05, 0.1) is 10.6 Å². The van der Waals surface area contributed by atoms with Gasteiger partial charge in [0, 0.05) is 49.7 Å². The van der Waals surface area contributed by atoms with Gasteiger partial charge in [0.25, 0.3) is 5.91 Å². The van der Waals surface area contributed by atoms with Gasteiger partial charge in [0.15, 0.2) is 17.2 Å². The predicted octanol–water partition coefficient (Wildman–Crippen LogP) is 2.93. The molecule has 1 amide bonds. The van der Waals surface area contributed by atoms with E-state index >= 15 is 0 Å². The molecule has 2 aromatic rings. The molecule has 0 aromatic heterocycles. The fourth-order valence-electron chi connectivity index (χ4n) is 4.52. The molecule has 0 spiro atoms. The van der Waals surface area contributed by atoms with Gasteiger partial charge < -0.3 is 25.0 Å². The second-order valence-corrected chi connectivity index (χ2v) is 9.45. The lowest BCUT2D eigenvalue weighted by atomic mass is 9.98. The van der Waals surface area contributed by atoms with Gasteiger partial charge in [0.2, 0.25) is 12.8 Å². The number of ether oxygens (including phenoxy) is 2. The molecule has 0 radical (unpaired) electrons. The highest BCUT2D eigenvalue weighted by molar-refractivity contribution is 6.31. The lowest BCUT2D eigenvalue weighted by molar-refractivity contribution is 0.0595. The third kappa shape index (κ3) is 4.67. The zero-order chi connectivity index (χ0) is 24.6. The van der Waals surface area contributed by atoms with Crippen LogP contribution in [-0.4, -0.2) is 60.7 Å². The Balaban J connectivity index is 1.34. The van der Waals surface area contributed by atoms with Gasteiger partial charge in [0.1, 0.15) is 0 Å². The summed E-state index contributed by atoms with van der Waals surface area (Å²) in [5.41, 5.74) is 7.25. The van der Waals surface area contributed by atoms with Crippen LogP contribution < -0.4 is 25.8 Å². The van der Waals surface area contributed by atoms with Crippen molar-refractivity contribution in [1.82, 2.24) is 15.1 Å². The molecule has 0 aliphatic carbocycles. The summed E-state index contributed by atoms with van der Waals surface area (Å²) in [7, 11) is 0. The molecule has 10 heteroatoms. The van der Waals surface area contributed by atoms with E-state index in [1.165, 1.54) is 0 Å². The van der Waals surface area contributed by atoms with Crippen LogP contribution in [0.15, 0.2) is 53.7 Å². The molecule has 184 valence electrons. The Bertz CT molecular complexity index is 1190. The minimum absolute atomic E-state index is 0.0208. The molecule has 0 saturated carbocycles. The van der Waals surface area contributed by atoms with Gasteiger partial charge in [-0.15, -0.1) is 0 Å². The van der Waals surface area contributed by atoms with E-state index in [1.54, 1.807) is 24.4 Å². The van der Waals surface area contributed by atoms with Crippen LogP contribution in [-0.2, 0) is 5.66 Å². The molecule has 1 saturated heterocycles. The van der Waals surface area contributed by atoms with Crippen LogP contribution in [0.4, 0.5) is 5.69 Å². The van der Waals surface area contributed by atoms with Crippen molar-refractivity contribution in [3.63, 3.8) is 0 Å². The van der Waals surface area contributed by atoms with E-state index in [4.69, 9.17) is 26.8 Å². The van der Waals surface area contributed by atoms with E-state index in [0.29, 0.717) is 45.3 Å². The highest BCUT2D eigenvalue weighted by atomic mass is 35.5. The van der Waals surface area contributed by atoms with Crippen molar-refractivity contribution in [3.8, 4) is 11.5 Å². The summed E-state index contributed by atoms with van der Waals surface area (Å²) < 4.78 is 11.1. The van der Waals surface area contributed by atoms with E-state index in [-0.39, 0.29) is 12.7 Å². The van der Waals surface area contributed by atoms with Crippen molar-refractivity contribution < 1.29 is 14.3 Å². The summed E-state index contributed by atoms with van der Waals surface area (Å²) >= 11 is 6.49. The van der Waals surface area contributed by atoms with Crippen LogP contribution >= 0.6 is 11.6 Å². The topological polar surface area (TPSA) is 104 Å². The Morgan fingerprint density at radius 3 is 2.77 bits per heavy atom. The van der Waals surface area contributed by atoms with Crippen LogP contribution in [0.3, 0.4) is 0 Å². The fraction of sp³-hybridized carbons (Fsp3) is 0.360. The van der Waals surface area contributed by atoms with Gasteiger partial charge in [-0.05, 0) is 50.3 Å². The Morgan fingerprint density at radius 1 is 1.20 bits per heavy atom. The number of nitrogens with two attached hydrogens (primary N) is 1. The van der Waals surface area contributed by atoms with Crippen molar-refractivity contribution in [2.45, 2.75) is 25.6 Å². The highest BCUT2D eigenvalue weighted by Crippen LogP contribution is 2.45. The SMILES string of the molecule is CC(C)N1CCN(C(=O)c2cccc(NC3=NC(N)(c4c(Cl)ccc5c4OCO5)C=CN3)c2)CC1. The molecule has 3 heterocycles. The predicted molar refractivity (Wildman–Crippen MR) is 136 cm³/mol. The molecule has 9 nitrogen and oxygen atoms in total. The average molecular weight is 497 g/mol. The Morgan fingerprint density at radius 2 is 2.00 bits per heavy atom. The van der Waals surface area contributed by atoms with Gasteiger partial charge in [-0.1, -0.05) is 17.7 Å². The van der Waals surface area contributed by atoms with Crippen LogP contribution in [0, 0.1) is 0 Å². The standard InChI is InChI=1S/C25H29ClN6O3/c1-16(2)31-10-12-32(13-11-31)23(33)17-4-3-5-18(14-17)29-24-28-9-8-25(27,30-24)21-19(26)6-7-20-22(21)35-15-34-20/h3-9,14,16H,10-13,15,27H2,1-2H3,(H2,28,29,30). The van der Waals surface area contributed by atoms with Gasteiger partial charge >= 0.3 is 0 Å². The third-order valence-electron chi connectivity index (χ3n) is 6.45. The number of hydrogen-bond acceptors (Lipinski definition) is 8. The van der Waals surface area contributed by atoms with E-state index in [2.05, 4.69) is 34.4 Å². The summed E-state index contributed by atoms with van der Waals surface area (Å²) in [6.45, 7) is 7.66. The molecular formula is C25H29ClN6O3. The quantitative estimate of drug-likeness (QED) is 0.597. The summed E-state index contributed by atoms with van der Waals surface area (Å²) in [4.78, 5) is 22.1. The number of anilines is 1. The molecule has 1 atom stereocenters. The van der Waals surface area contributed by atoms with E-state index in [0.717, 1.165) is 26.2 Å². The molecule has 0 bridgehead atoms. The number of hydrogen-bond donors (Lipinski definition) is 3. The van der Waals surface area contributed by atoms with Crippen LogP contribution in [0.2, 0.25) is 5.02 Å². The average Bonchev–Trinajstić information content (AvgIpc) is 3.32. The number of piperazine rings is 1. The van der Waals surface area contributed by atoms with E-state index in [9.17, 15) is 4.79 Å². The van der Waals surface area contributed by atoms with E-state index in [1.807, 2.05) is 29.2 Å². The molecule has 5 rings (SSSR count). The maximum atomic E-state index is 13.1. The molecule has 3 aliphatic rings. The first-order valence-electron chi connectivity index (χ1n) is 11.7. The van der Waals surface area contributed by atoms with Crippen LogP contribution in [0.25, 0.3) is 0 Å². The summed E-state index contributed by atoms with van der Waals surface area (Å²) in [5, 5.41) is 6.72. The largest absolute Gasteiger partial charge is 0.454 e. The first-order valence-corrected chi connectivity index (χ1v) is 12.0. The Kier molecular flexibility index (Phi) is 6.31. The number of amides is 1. The number of aliphatic imine (C=N–C) groups is 1. The number of nitrogens with zero attached hydrogens (tertiary/aromatic N) is 3. The van der Waals surface area contributed by atoms with Crippen molar-refractivity contribution in [2.75, 3.05) is 38.3 Å². The Hall–Kier alpha value is -3.27. The highest BCUT2D eigenvalue weighted by Gasteiger charge is 2.36. The lowest BCUT2D eigenvalue weighted by Crippen LogP contribution is -2.50. The number of guanidine groups is 1. The summed E-state index contributed by atoms with van der Waals surface area (Å²) in [6.07, 6.45) is 3.40. The number of benzene rings is 2. The number of fused-ring (bicyclic) bond motifs is 1. The van der Waals surface area contributed by atoms with Gasteiger partial charge in [-0.25, -0.2) is 4.99 Å². The van der Waals surface area contributed by atoms with E-state index < -0.39 is 5.66 Å². The number of carbonyl (C=O) groups is 1. The van der Waals surface area contributed by atoms with Crippen LogP contribution in [0.1, 0.15) is 29.8 Å². The van der Waals surface area contributed by atoms with Gasteiger partial charge in [-0.3, -0.25) is 15.4 Å². The molecule has 1 unspecified atom stereocenters. The zero-order valence-electron chi connectivity index (χ0n) is 19.8. The maximum Gasteiger partial charge on any atom is 0.254 e. The normalized spacial score (nSPS) is 21.6. The molecular weight excluding hydrogens is 468 g/mol. The number of nitrogens with one attached hydrogen (secondary N) is 2. The van der Waals surface area contributed by atoms with Crippen molar-refractivity contribution >= 4 is 29.2 Å². The van der Waals surface area contributed by atoms with Crippen molar-refractivity contribution in [1.29, 1.82) is 0 Å². The summed E-state index contributed by atoms with van der Waals surface area (Å²) in [5.74, 6) is 1.50. The molecule has 2 aromatic carbocycles. The maximum absolute atomic E-state index is 13.1. The Labute approximate surface area is 209 Å². The fourth-order valence-corrected chi connectivity index (χ4v) is 4.82. The number of halogens is 1. The molecule has 1 fully saturated rings. The summed E-state index contributed by atoms with van der Waals surface area (Å²) in [6, 6.07) is 11.3. The molecule has 4 N–H and O–H groups in total. The van der Waals surface area contributed by atoms with Gasteiger partial charge in [-0.2, -0.15) is 0 Å². The third-order valence-corrected chi connectivity index (χ3v) is 6.76. The minimum atomic E-state index is -1.27. The monoisotopic (exact) mass is 496 g/mol. The minimum Gasteiger partial charge on any atom is -0.454 e. The number of carbonyl (C=O) groups excluding carboxylic acids is 1. The lowest BCUT2D eigenvalue weighted by Gasteiger charge is -2.37. The molecule has 35 heavy (non-hydrogen) atoms. The number of rotatable bonds is 4. The zero-order valence-corrected chi connectivity index (χ0v) is 20.5. The smallest absolute Gasteiger partial charge is 0.254 e. The van der Waals surface area contributed by atoms with Crippen molar-refractivity contribution in [3.05, 3.63) is 64.8 Å². The molecule has 3 aliphatic heterocycles. The first-order chi connectivity index (χ1) is 16.8. The van der Waals surface area contributed by atoms with Crippen LogP contribution in [0.5, 0.6) is 11.5 Å².